The van der Waals surface area contributed by atoms with Crippen molar-refractivity contribution in [2.45, 2.75) is 0 Å². The third kappa shape index (κ3) is 8.83. The van der Waals surface area contributed by atoms with Crippen molar-refractivity contribution in [2.24, 2.45) is 0 Å². The zero-order valence-corrected chi connectivity index (χ0v) is 11.1. The summed E-state index contributed by atoms with van der Waals surface area (Å²) >= 11 is 2.75. The van der Waals surface area contributed by atoms with Crippen molar-refractivity contribution in [2.75, 3.05) is 0 Å². The van der Waals surface area contributed by atoms with Crippen LogP contribution in [0.2, 0.25) is 0 Å². The summed E-state index contributed by atoms with van der Waals surface area (Å²) in [7, 11) is 0. The van der Waals surface area contributed by atoms with Gasteiger partial charge in [0.1, 0.15) is 0 Å². The molecule has 0 fully saturated rings. The van der Waals surface area contributed by atoms with E-state index in [2.05, 4.69) is 0 Å². The Morgan fingerprint density at radius 3 is 1.00 bits per heavy atom. The molecular formula is HBaO2Zr. The predicted molar refractivity (Wildman–Crippen MR) is 8.52 cm³/mol. The number of hydrogen-bond donors (Lipinski definition) is 0. The molecule has 19 valence electrons. The van der Waals surface area contributed by atoms with Crippen molar-refractivity contribution >= 4 is 39.6 Å². The van der Waals surface area contributed by atoms with E-state index in [0.29, 0.717) is 0 Å². The van der Waals surface area contributed by atoms with Crippen molar-refractivity contribution in [3.05, 3.63) is 0 Å². The van der Waals surface area contributed by atoms with Gasteiger partial charge in [0.25, 0.3) is 0 Å². The quantitative estimate of drug-likeness (QED) is 0.508. The molecule has 0 saturated heterocycles. The third-order valence-corrected chi connectivity index (χ3v) is 0. The molecule has 0 unspecified atom stereocenters. The van der Waals surface area contributed by atoms with Gasteiger partial charge in [-0.05, 0) is 0 Å². The molecule has 0 saturated carbocycles. The Morgan fingerprint density at radius 1 is 1.00 bits per heavy atom. The summed E-state index contributed by atoms with van der Waals surface area (Å²) in [6, 6.07) is 0. The SMILES string of the molecule is [O-2].[O-2].[Zr+4][BaH]. The van der Waals surface area contributed by atoms with Gasteiger partial charge in [-0.25, -0.2) is 0 Å². The fraction of sp³-hybridized carbons (Fsp3) is 0. The van der Waals surface area contributed by atoms with Crippen LogP contribution in [0.25, 0.3) is 0 Å². The van der Waals surface area contributed by atoms with Crippen LogP contribution in [-0.4, -0.2) is 39.6 Å². The molecule has 0 heterocycles. The Bertz CT molecular complexity index is 6.00. The minimum absolute atomic E-state index is 0. The van der Waals surface area contributed by atoms with Crippen molar-refractivity contribution < 1.29 is 24.5 Å². The summed E-state index contributed by atoms with van der Waals surface area (Å²) in [5.74, 6) is 0. The van der Waals surface area contributed by atoms with E-state index in [-0.39, 0.29) is 11.0 Å². The fourth-order valence-corrected chi connectivity index (χ4v) is 0. The van der Waals surface area contributed by atoms with Crippen molar-refractivity contribution in [1.29, 1.82) is 0 Å². The maximum absolute atomic E-state index is 1.77. The van der Waals surface area contributed by atoms with Crippen LogP contribution in [-0.2, 0) is 24.5 Å². The minimum atomic E-state index is 0. The second kappa shape index (κ2) is 18.2. The Labute approximate surface area is 62.2 Å². The van der Waals surface area contributed by atoms with Gasteiger partial charge in [0.15, 0.2) is 0 Å². The van der Waals surface area contributed by atoms with Crippen LogP contribution in [0.1, 0.15) is 0 Å². The summed E-state index contributed by atoms with van der Waals surface area (Å²) in [4.78, 5) is 0. The van der Waals surface area contributed by atoms with Crippen LogP contribution in [0.4, 0.5) is 0 Å². The normalized spacial score (nSPS) is 1.25. The van der Waals surface area contributed by atoms with E-state index in [1.165, 1.54) is 0 Å². The van der Waals surface area contributed by atoms with E-state index in [9.17, 15) is 0 Å². The Hall–Kier alpha value is 2.37. The molecule has 4 heavy (non-hydrogen) atoms. The molecule has 0 aliphatic carbocycles. The predicted octanol–water partition coefficient (Wildman–Crippen LogP) is -0.889. The van der Waals surface area contributed by atoms with Crippen molar-refractivity contribution in [3.63, 3.8) is 0 Å². The molecule has 0 amide bonds. The van der Waals surface area contributed by atoms with E-state index in [0.717, 1.165) is 39.6 Å². The van der Waals surface area contributed by atoms with Crippen LogP contribution in [0.3, 0.4) is 0 Å². The van der Waals surface area contributed by atoms with Crippen LogP contribution < -0.4 is 0 Å². The van der Waals surface area contributed by atoms with Crippen LogP contribution >= 0.6 is 0 Å². The zero-order valence-electron chi connectivity index (χ0n) is 2.32. The monoisotopic (exact) mass is 261 g/mol. The Balaban J connectivity index is -0.00000000500. The van der Waals surface area contributed by atoms with E-state index in [1.54, 1.807) is 13.6 Å². The van der Waals surface area contributed by atoms with E-state index < -0.39 is 0 Å². The fourth-order valence-electron chi connectivity index (χ4n) is 0. The second-order valence-electron chi connectivity index (χ2n) is 0. The molecule has 0 radical (unpaired) electrons. The molecule has 0 aliphatic rings. The maximum atomic E-state index is 1.77. The first-order chi connectivity index (χ1) is 1.00. The molecule has 2 nitrogen and oxygen atoms in total. The first-order valence-corrected chi connectivity index (χ1v) is 21.5. The number of hydrogen-bond acceptors (Lipinski definition) is 0. The van der Waals surface area contributed by atoms with Gasteiger partial charge in [-0.2, -0.15) is 0 Å². The summed E-state index contributed by atoms with van der Waals surface area (Å²) < 4.78 is 0. The molecule has 0 aromatic carbocycles. The average Bonchev–Trinajstić information content (AvgIpc) is 1.00. The third-order valence-electron chi connectivity index (χ3n) is 0. The molecular weight excluding hydrogens is 261 g/mol. The van der Waals surface area contributed by atoms with Crippen molar-refractivity contribution in [1.82, 2.24) is 0 Å². The van der Waals surface area contributed by atoms with Gasteiger partial charge < -0.3 is 11.0 Å². The zero-order chi connectivity index (χ0) is 2.00. The Morgan fingerprint density at radius 2 is 1.00 bits per heavy atom. The summed E-state index contributed by atoms with van der Waals surface area (Å²) in [5, 5.41) is 0. The van der Waals surface area contributed by atoms with E-state index in [1.807, 2.05) is 0 Å². The van der Waals surface area contributed by atoms with Gasteiger partial charge in [0, 0.05) is 0 Å². The van der Waals surface area contributed by atoms with Gasteiger partial charge in [-0.3, -0.25) is 0 Å². The summed E-state index contributed by atoms with van der Waals surface area (Å²) in [5.41, 5.74) is 0. The molecule has 0 rings (SSSR count). The van der Waals surface area contributed by atoms with Gasteiger partial charge in [0.2, 0.25) is 0 Å². The first kappa shape index (κ1) is 16.2. The molecule has 0 aromatic heterocycles. The summed E-state index contributed by atoms with van der Waals surface area (Å²) in [6.45, 7) is 0. The molecule has 0 aromatic rings. The Kier molecular flexibility index (Phi) is 73.7. The average molecular weight is 262 g/mol. The first-order valence-electron chi connectivity index (χ1n) is 0.500. The van der Waals surface area contributed by atoms with E-state index >= 15 is 0 Å². The molecule has 0 atom stereocenters. The van der Waals surface area contributed by atoms with Gasteiger partial charge in [-0.1, -0.05) is 0 Å². The second-order valence-corrected chi connectivity index (χ2v) is 0. The van der Waals surface area contributed by atoms with Gasteiger partial charge >= 0.3 is 53.2 Å². The van der Waals surface area contributed by atoms with Gasteiger partial charge in [-0.15, -0.1) is 0 Å². The van der Waals surface area contributed by atoms with E-state index in [4.69, 9.17) is 0 Å². The molecule has 0 bridgehead atoms. The standard InChI is InChI=1S/Ba.2O.Zr.H/q;2*-2;+4;. The van der Waals surface area contributed by atoms with Gasteiger partial charge in [0.05, 0.1) is 0 Å². The van der Waals surface area contributed by atoms with Crippen LogP contribution in [0, 0.1) is 0 Å². The topological polar surface area (TPSA) is 57.0 Å². The molecule has 0 N–H and O–H groups in total. The summed E-state index contributed by atoms with van der Waals surface area (Å²) in [6.07, 6.45) is 0. The number of rotatable bonds is 0. The van der Waals surface area contributed by atoms with Crippen LogP contribution in [0.5, 0.6) is 0 Å². The van der Waals surface area contributed by atoms with Crippen molar-refractivity contribution in [3.8, 4) is 0 Å². The molecule has 4 heteroatoms. The molecule has 0 aliphatic heterocycles. The van der Waals surface area contributed by atoms with Crippen LogP contribution in [0.15, 0.2) is 0 Å². The molecule has 0 spiro atoms.